The Morgan fingerprint density at radius 2 is 1.94 bits per heavy atom. The van der Waals surface area contributed by atoms with Gasteiger partial charge in [-0.15, -0.1) is 0 Å². The third-order valence-electron chi connectivity index (χ3n) is 4.26. The van der Waals surface area contributed by atoms with Gasteiger partial charge in [-0.2, -0.15) is 0 Å². The first-order valence-corrected chi connectivity index (χ1v) is 6.85. The number of hydrogen-bond donors (Lipinski definition) is 2. The van der Waals surface area contributed by atoms with Crippen molar-refractivity contribution in [2.45, 2.75) is 50.2 Å². The van der Waals surface area contributed by atoms with E-state index in [2.05, 4.69) is 0 Å². The predicted molar refractivity (Wildman–Crippen MR) is 68.6 cm³/mol. The average molecular weight is 248 g/mol. The normalized spacial score (nSPS) is 23.2. The van der Waals surface area contributed by atoms with E-state index in [1.807, 2.05) is 18.2 Å². The number of hydrogen-bond acceptors (Lipinski definition) is 3. The van der Waals surface area contributed by atoms with Gasteiger partial charge in [0.1, 0.15) is 11.9 Å². The van der Waals surface area contributed by atoms with Crippen LogP contribution in [-0.4, -0.2) is 22.4 Å². The summed E-state index contributed by atoms with van der Waals surface area (Å²) in [5, 5.41) is 21.0. The van der Waals surface area contributed by atoms with Crippen LogP contribution in [0.1, 0.15) is 49.3 Å². The molecule has 1 aliphatic carbocycles. The molecule has 0 spiro atoms. The van der Waals surface area contributed by atoms with Gasteiger partial charge in [0.05, 0.1) is 12.2 Å². The van der Waals surface area contributed by atoms with Crippen molar-refractivity contribution in [3.63, 3.8) is 0 Å². The van der Waals surface area contributed by atoms with E-state index in [4.69, 9.17) is 4.74 Å². The molecule has 1 aliphatic heterocycles. The van der Waals surface area contributed by atoms with E-state index in [0.717, 1.165) is 49.2 Å². The van der Waals surface area contributed by atoms with Crippen molar-refractivity contribution in [2.75, 3.05) is 6.61 Å². The molecule has 1 atom stereocenters. The highest BCUT2D eigenvalue weighted by atomic mass is 16.5. The average Bonchev–Trinajstić information content (AvgIpc) is 2.86. The molecule has 1 aromatic carbocycles. The van der Waals surface area contributed by atoms with E-state index in [9.17, 15) is 10.2 Å². The summed E-state index contributed by atoms with van der Waals surface area (Å²) in [6, 6.07) is 5.77. The van der Waals surface area contributed by atoms with Crippen molar-refractivity contribution in [2.24, 2.45) is 0 Å². The molecule has 1 saturated carbocycles. The maximum absolute atomic E-state index is 10.6. The molecule has 98 valence electrons. The summed E-state index contributed by atoms with van der Waals surface area (Å²) in [5.74, 6) is 0.918. The Bertz CT molecular complexity index is 435. The molecule has 3 heteroatoms. The molecule has 1 aromatic rings. The lowest BCUT2D eigenvalue weighted by Crippen LogP contribution is -2.38. The fourth-order valence-corrected chi connectivity index (χ4v) is 3.12. The Labute approximate surface area is 107 Å². The fraction of sp³-hybridized carbons (Fsp3) is 0.600. The van der Waals surface area contributed by atoms with Crippen molar-refractivity contribution in [1.29, 1.82) is 0 Å². The van der Waals surface area contributed by atoms with E-state index in [1.165, 1.54) is 0 Å². The minimum Gasteiger partial charge on any atom is -0.493 e. The van der Waals surface area contributed by atoms with E-state index in [1.54, 1.807) is 0 Å². The molecule has 18 heavy (non-hydrogen) atoms. The first-order valence-electron chi connectivity index (χ1n) is 6.85. The van der Waals surface area contributed by atoms with E-state index in [-0.39, 0.29) is 0 Å². The summed E-state index contributed by atoms with van der Waals surface area (Å²) in [6.07, 6.45) is 4.68. The largest absolute Gasteiger partial charge is 0.493 e. The number of aliphatic hydroxyl groups is 2. The lowest BCUT2D eigenvalue weighted by molar-refractivity contribution is -0.0991. The van der Waals surface area contributed by atoms with E-state index < -0.39 is 11.7 Å². The lowest BCUT2D eigenvalue weighted by Gasteiger charge is -2.36. The van der Waals surface area contributed by atoms with Crippen LogP contribution >= 0.6 is 0 Å². The Hall–Kier alpha value is -1.06. The summed E-state index contributed by atoms with van der Waals surface area (Å²) in [5.41, 5.74) is 1.03. The third-order valence-corrected chi connectivity index (χ3v) is 4.26. The van der Waals surface area contributed by atoms with Crippen LogP contribution in [0.15, 0.2) is 18.2 Å². The molecule has 2 N–H and O–H groups in total. The van der Waals surface area contributed by atoms with Crippen LogP contribution in [-0.2, 0) is 6.42 Å². The van der Waals surface area contributed by atoms with Crippen molar-refractivity contribution < 1.29 is 14.9 Å². The van der Waals surface area contributed by atoms with Gasteiger partial charge in [0.25, 0.3) is 0 Å². The van der Waals surface area contributed by atoms with Gasteiger partial charge in [-0.3, -0.25) is 0 Å². The molecule has 2 aliphatic rings. The van der Waals surface area contributed by atoms with Gasteiger partial charge in [-0.25, -0.2) is 0 Å². The van der Waals surface area contributed by atoms with Gasteiger partial charge < -0.3 is 14.9 Å². The second-order valence-corrected chi connectivity index (χ2v) is 5.53. The van der Waals surface area contributed by atoms with Crippen molar-refractivity contribution in [3.8, 4) is 5.75 Å². The van der Waals surface area contributed by atoms with Crippen LogP contribution in [0.5, 0.6) is 5.75 Å². The van der Waals surface area contributed by atoms with Crippen LogP contribution in [0.25, 0.3) is 0 Å². The molecular formula is C15H20O3. The van der Waals surface area contributed by atoms with Crippen LogP contribution in [0.2, 0.25) is 0 Å². The van der Waals surface area contributed by atoms with Crippen molar-refractivity contribution >= 4 is 0 Å². The second kappa shape index (κ2) is 4.56. The Morgan fingerprint density at radius 3 is 2.72 bits per heavy atom. The molecule has 1 fully saturated rings. The van der Waals surface area contributed by atoms with Crippen LogP contribution < -0.4 is 4.74 Å². The number of benzene rings is 1. The summed E-state index contributed by atoms with van der Waals surface area (Å²) < 4.78 is 5.46. The first kappa shape index (κ1) is 12.0. The Balaban J connectivity index is 1.85. The molecule has 3 nitrogen and oxygen atoms in total. The van der Waals surface area contributed by atoms with Gasteiger partial charge in [0.15, 0.2) is 0 Å². The molecule has 0 amide bonds. The molecule has 1 heterocycles. The number of rotatable bonds is 2. The second-order valence-electron chi connectivity index (χ2n) is 5.53. The first-order chi connectivity index (χ1) is 8.69. The zero-order chi connectivity index (χ0) is 12.6. The lowest BCUT2D eigenvalue weighted by atomic mass is 9.78. The minimum absolute atomic E-state index is 0.696. The number of aliphatic hydroxyl groups excluding tert-OH is 1. The monoisotopic (exact) mass is 248 g/mol. The SMILES string of the molecule is OC(c1ccc2c(c1)CCO2)C1(O)CCCCC1. The minimum atomic E-state index is -0.939. The van der Waals surface area contributed by atoms with Crippen LogP contribution in [0, 0.1) is 0 Å². The smallest absolute Gasteiger partial charge is 0.122 e. The van der Waals surface area contributed by atoms with Crippen molar-refractivity contribution in [1.82, 2.24) is 0 Å². The van der Waals surface area contributed by atoms with Gasteiger partial charge in [0.2, 0.25) is 0 Å². The maximum atomic E-state index is 10.6. The van der Waals surface area contributed by atoms with Gasteiger partial charge in [-0.05, 0) is 36.1 Å². The van der Waals surface area contributed by atoms with Gasteiger partial charge in [0, 0.05) is 6.42 Å². The molecule has 0 radical (unpaired) electrons. The highest BCUT2D eigenvalue weighted by Crippen LogP contribution is 2.39. The molecule has 3 rings (SSSR count). The molecule has 1 unspecified atom stereocenters. The number of fused-ring (bicyclic) bond motifs is 1. The van der Waals surface area contributed by atoms with Gasteiger partial charge in [-0.1, -0.05) is 25.3 Å². The molecule has 0 saturated heterocycles. The molecule has 0 aromatic heterocycles. The summed E-state index contributed by atoms with van der Waals surface area (Å²) in [4.78, 5) is 0. The topological polar surface area (TPSA) is 49.7 Å². The summed E-state index contributed by atoms with van der Waals surface area (Å²) in [6.45, 7) is 0.721. The van der Waals surface area contributed by atoms with Crippen LogP contribution in [0.3, 0.4) is 0 Å². The Morgan fingerprint density at radius 1 is 1.17 bits per heavy atom. The third kappa shape index (κ3) is 2.02. The zero-order valence-corrected chi connectivity index (χ0v) is 10.6. The molecular weight excluding hydrogens is 228 g/mol. The quantitative estimate of drug-likeness (QED) is 0.844. The summed E-state index contributed by atoms with van der Waals surface area (Å²) >= 11 is 0. The molecule has 0 bridgehead atoms. The van der Waals surface area contributed by atoms with Crippen LogP contribution in [0.4, 0.5) is 0 Å². The standard InChI is InChI=1S/C15H20O3/c16-14(15(17)7-2-1-3-8-15)12-4-5-13-11(10-12)6-9-18-13/h4-5,10,14,16-17H,1-3,6-9H2. The van der Waals surface area contributed by atoms with E-state index in [0.29, 0.717) is 12.8 Å². The van der Waals surface area contributed by atoms with E-state index >= 15 is 0 Å². The fourth-order valence-electron chi connectivity index (χ4n) is 3.12. The van der Waals surface area contributed by atoms with Crippen molar-refractivity contribution in [3.05, 3.63) is 29.3 Å². The Kier molecular flexibility index (Phi) is 3.04. The predicted octanol–water partition coefficient (Wildman–Crippen LogP) is 2.35. The highest BCUT2D eigenvalue weighted by Gasteiger charge is 2.37. The highest BCUT2D eigenvalue weighted by molar-refractivity contribution is 5.41. The zero-order valence-electron chi connectivity index (χ0n) is 10.6. The summed E-state index contributed by atoms with van der Waals surface area (Å²) in [7, 11) is 0. The van der Waals surface area contributed by atoms with Gasteiger partial charge >= 0.3 is 0 Å². The maximum Gasteiger partial charge on any atom is 0.122 e. The number of ether oxygens (including phenoxy) is 1.